The molecule has 0 aliphatic carbocycles. The molecule has 0 radical (unpaired) electrons. The van der Waals surface area contributed by atoms with Crippen LogP contribution in [0.5, 0.6) is 0 Å². The summed E-state index contributed by atoms with van der Waals surface area (Å²) in [7, 11) is 1.55. The number of halogens is 3. The summed E-state index contributed by atoms with van der Waals surface area (Å²) in [4.78, 5) is 65.3. The van der Waals surface area contributed by atoms with Crippen LogP contribution in [-0.4, -0.2) is 96.5 Å². The van der Waals surface area contributed by atoms with Crippen molar-refractivity contribution in [2.24, 2.45) is 22.6 Å². The lowest BCUT2D eigenvalue weighted by molar-refractivity contribution is -0.192. The third-order valence-electron chi connectivity index (χ3n) is 8.02. The fraction of sp³-hybridized carbons (Fsp3) is 0.526. The standard InChI is InChI=1S/C36H55N7O6.C2HF3O2/c1-24(2)21-29(30(44)22-31(45)39-20-18-26-13-8-6-9-14-26)41-34(47)32(25(3)4)43-33(46)28(17-12-19-40-35(37)38-5)42-36(48)49-23-27-15-10-7-11-16-27;3-2(4,5)1(6)7/h6-11,13-16,24-25,28-30,32,44H,12,17-23H2,1-5H3,(H,39,45)(H,41,47)(H,42,48)(H,43,46)(H3,37,38,40);(H,6,7)/t28-,29-,30-,32-;/m0./s1. The van der Waals surface area contributed by atoms with Gasteiger partial charge in [-0.2, -0.15) is 13.2 Å². The van der Waals surface area contributed by atoms with Crippen LogP contribution in [-0.2, 0) is 36.9 Å². The van der Waals surface area contributed by atoms with Crippen LogP contribution in [0.25, 0.3) is 0 Å². The number of hydrogen-bond donors (Lipinski definition) is 8. The number of carboxylic acids is 1. The van der Waals surface area contributed by atoms with Crippen LogP contribution in [0.15, 0.2) is 65.7 Å². The van der Waals surface area contributed by atoms with Crippen molar-refractivity contribution in [2.45, 2.75) is 96.8 Å². The lowest BCUT2D eigenvalue weighted by Gasteiger charge is -2.30. The van der Waals surface area contributed by atoms with Crippen molar-refractivity contribution in [1.82, 2.24) is 26.6 Å². The molecule has 0 aliphatic heterocycles. The molecule has 0 heterocycles. The second-order valence-corrected chi connectivity index (χ2v) is 13.6. The molecule has 9 N–H and O–H groups in total. The van der Waals surface area contributed by atoms with Gasteiger partial charge in [-0.1, -0.05) is 88.4 Å². The normalized spacial score (nSPS) is 13.6. The molecule has 4 amide bonds. The van der Waals surface area contributed by atoms with Gasteiger partial charge in [0.15, 0.2) is 5.96 Å². The summed E-state index contributed by atoms with van der Waals surface area (Å²) in [5.41, 5.74) is 7.58. The van der Waals surface area contributed by atoms with Gasteiger partial charge in [0, 0.05) is 20.1 Å². The van der Waals surface area contributed by atoms with Crippen LogP contribution in [0, 0.1) is 11.8 Å². The number of carbonyl (C=O) groups is 5. The zero-order valence-electron chi connectivity index (χ0n) is 32.4. The Kier molecular flexibility index (Phi) is 22.3. The number of nitrogens with two attached hydrogens (primary N) is 1. The molecule has 56 heavy (non-hydrogen) atoms. The first-order valence-corrected chi connectivity index (χ1v) is 18.2. The number of carbonyl (C=O) groups excluding carboxylic acids is 4. The molecule has 0 fully saturated rings. The largest absolute Gasteiger partial charge is 0.490 e. The lowest BCUT2D eigenvalue weighted by atomic mass is 9.95. The first kappa shape index (κ1) is 48.6. The van der Waals surface area contributed by atoms with Crippen molar-refractivity contribution < 1.29 is 52.1 Å². The fourth-order valence-corrected chi connectivity index (χ4v) is 5.05. The number of nitrogens with one attached hydrogen (secondary N) is 5. The highest BCUT2D eigenvalue weighted by Crippen LogP contribution is 2.14. The van der Waals surface area contributed by atoms with E-state index in [4.69, 9.17) is 20.4 Å². The van der Waals surface area contributed by atoms with E-state index in [9.17, 15) is 37.5 Å². The number of alkyl carbamates (subject to hydrolysis) is 1. The topological polar surface area (TPSA) is 234 Å². The molecule has 312 valence electrons. The summed E-state index contributed by atoms with van der Waals surface area (Å²) in [6.07, 6.45) is -5.46. The second-order valence-electron chi connectivity index (χ2n) is 13.6. The van der Waals surface area contributed by atoms with Crippen molar-refractivity contribution in [1.29, 1.82) is 0 Å². The Balaban J connectivity index is 0.00000203. The van der Waals surface area contributed by atoms with E-state index in [1.165, 1.54) is 0 Å². The molecular weight excluding hydrogens is 739 g/mol. The van der Waals surface area contributed by atoms with Crippen molar-refractivity contribution in [2.75, 3.05) is 20.1 Å². The first-order valence-electron chi connectivity index (χ1n) is 18.2. The van der Waals surface area contributed by atoms with Crippen LogP contribution < -0.4 is 32.3 Å². The van der Waals surface area contributed by atoms with Crippen LogP contribution in [0.1, 0.15) is 64.5 Å². The van der Waals surface area contributed by atoms with Gasteiger partial charge >= 0.3 is 18.2 Å². The number of nitrogens with zero attached hydrogens (tertiary/aromatic N) is 1. The van der Waals surface area contributed by atoms with Gasteiger partial charge in [0.25, 0.3) is 0 Å². The summed E-state index contributed by atoms with van der Waals surface area (Å²) in [6, 6.07) is 16.2. The first-order chi connectivity index (χ1) is 26.3. The molecule has 0 aromatic heterocycles. The SMILES string of the molecule is CN=C(N)NCCC[C@H](NC(=O)OCc1ccccc1)C(=O)N[C@H](C(=O)N[C@@H](CC(C)C)[C@@H](O)CC(=O)NCCc1ccccc1)C(C)C.O=C(O)C(F)(F)F. The quantitative estimate of drug-likeness (QED) is 0.0555. The summed E-state index contributed by atoms with van der Waals surface area (Å²) >= 11 is 0. The third-order valence-corrected chi connectivity index (χ3v) is 8.02. The molecule has 4 atom stereocenters. The van der Waals surface area contributed by atoms with Gasteiger partial charge in [-0.05, 0) is 48.6 Å². The molecule has 2 aromatic rings. The summed E-state index contributed by atoms with van der Waals surface area (Å²) in [6.45, 7) is 8.32. The predicted octanol–water partition coefficient (Wildman–Crippen LogP) is 3.01. The number of alkyl halides is 3. The van der Waals surface area contributed by atoms with E-state index in [2.05, 4.69) is 31.6 Å². The molecule has 0 saturated heterocycles. The molecule has 0 bridgehead atoms. The number of amides is 4. The van der Waals surface area contributed by atoms with Gasteiger partial charge in [0.05, 0.1) is 18.6 Å². The molecule has 0 unspecified atom stereocenters. The van der Waals surface area contributed by atoms with Gasteiger partial charge in [-0.3, -0.25) is 19.4 Å². The Labute approximate surface area is 325 Å². The molecule has 2 aromatic carbocycles. The number of aliphatic hydroxyl groups is 1. The van der Waals surface area contributed by atoms with Crippen LogP contribution in [0.2, 0.25) is 0 Å². The van der Waals surface area contributed by atoms with E-state index in [1.807, 2.05) is 74.5 Å². The molecule has 18 heteroatoms. The van der Waals surface area contributed by atoms with E-state index in [-0.39, 0.29) is 43.2 Å². The number of rotatable bonds is 20. The number of ether oxygens (including phenoxy) is 1. The third kappa shape index (κ3) is 20.9. The highest BCUT2D eigenvalue weighted by Gasteiger charge is 2.38. The Morgan fingerprint density at radius 3 is 1.93 bits per heavy atom. The number of guanidine groups is 1. The van der Waals surface area contributed by atoms with Gasteiger partial charge in [0.1, 0.15) is 18.7 Å². The second kappa shape index (κ2) is 25.6. The number of carboxylic acid groups (broad SMARTS) is 1. The van der Waals surface area contributed by atoms with E-state index in [0.717, 1.165) is 11.1 Å². The summed E-state index contributed by atoms with van der Waals surface area (Å²) < 4.78 is 37.1. The minimum absolute atomic E-state index is 0.0215. The van der Waals surface area contributed by atoms with Crippen LogP contribution in [0.3, 0.4) is 0 Å². The smallest absolute Gasteiger partial charge is 0.475 e. The number of aliphatic carboxylic acids is 1. The molecular formula is C38H56F3N7O8. The van der Waals surface area contributed by atoms with Gasteiger partial charge in [0.2, 0.25) is 17.7 Å². The number of aliphatic hydroxyl groups excluding tert-OH is 1. The van der Waals surface area contributed by atoms with Gasteiger partial charge < -0.3 is 47.3 Å². The van der Waals surface area contributed by atoms with Crippen molar-refractivity contribution in [3.05, 3.63) is 71.8 Å². The fourth-order valence-electron chi connectivity index (χ4n) is 5.05. The van der Waals surface area contributed by atoms with Crippen LogP contribution >= 0.6 is 0 Å². The van der Waals surface area contributed by atoms with E-state index in [0.29, 0.717) is 32.4 Å². The van der Waals surface area contributed by atoms with Gasteiger partial charge in [-0.25, -0.2) is 9.59 Å². The number of aliphatic imine (C=N–C) groups is 1. The Morgan fingerprint density at radius 2 is 1.41 bits per heavy atom. The monoisotopic (exact) mass is 795 g/mol. The Morgan fingerprint density at radius 1 is 0.839 bits per heavy atom. The van der Waals surface area contributed by atoms with Crippen molar-refractivity contribution in [3.63, 3.8) is 0 Å². The van der Waals surface area contributed by atoms with Gasteiger partial charge in [-0.15, -0.1) is 0 Å². The van der Waals surface area contributed by atoms with Crippen molar-refractivity contribution >= 4 is 35.7 Å². The van der Waals surface area contributed by atoms with Crippen LogP contribution in [0.4, 0.5) is 18.0 Å². The number of hydrogen-bond acceptors (Lipinski definition) is 8. The van der Waals surface area contributed by atoms with Crippen molar-refractivity contribution in [3.8, 4) is 0 Å². The molecule has 0 spiro atoms. The maximum absolute atomic E-state index is 13.6. The van der Waals surface area contributed by atoms with E-state index in [1.54, 1.807) is 20.9 Å². The van der Waals surface area contributed by atoms with E-state index >= 15 is 0 Å². The highest BCUT2D eigenvalue weighted by atomic mass is 19.4. The maximum atomic E-state index is 13.6. The average molecular weight is 796 g/mol. The summed E-state index contributed by atoms with van der Waals surface area (Å²) in [5, 5.41) is 32.2. The highest BCUT2D eigenvalue weighted by molar-refractivity contribution is 5.91. The lowest BCUT2D eigenvalue weighted by Crippen LogP contribution is -2.58. The minimum Gasteiger partial charge on any atom is -0.475 e. The zero-order chi connectivity index (χ0) is 42.3. The minimum atomic E-state index is -5.08. The molecule has 2 rings (SSSR count). The maximum Gasteiger partial charge on any atom is 0.490 e. The molecule has 0 aliphatic rings. The Bertz CT molecular complexity index is 1530. The Hall–Kier alpha value is -5.39. The zero-order valence-corrected chi connectivity index (χ0v) is 32.4. The average Bonchev–Trinajstić information content (AvgIpc) is 3.14. The molecule has 15 nitrogen and oxygen atoms in total. The van der Waals surface area contributed by atoms with E-state index < -0.39 is 54.3 Å². The molecule has 0 saturated carbocycles. The number of benzene rings is 2. The predicted molar refractivity (Wildman–Crippen MR) is 204 cm³/mol. The summed E-state index contributed by atoms with van der Waals surface area (Å²) in [5.74, 6) is -4.14.